The minimum Gasteiger partial charge on any atom is -0.303 e. The Hall–Kier alpha value is -1.70. The van der Waals surface area contributed by atoms with Crippen molar-refractivity contribution in [2.75, 3.05) is 0 Å². The van der Waals surface area contributed by atoms with Crippen molar-refractivity contribution in [3.05, 3.63) is 30.1 Å². The largest absolute Gasteiger partial charge is 0.502 e. The summed E-state index contributed by atoms with van der Waals surface area (Å²) in [7, 11) is -1.96. The first-order valence-electron chi connectivity index (χ1n) is 6.49. The molecule has 1 saturated carbocycles. The number of aromatic nitrogens is 1. The number of oxime groups is 1. The molecule has 7 heteroatoms. The van der Waals surface area contributed by atoms with Crippen LogP contribution in [0.4, 0.5) is 0 Å². The molecule has 1 fully saturated rings. The van der Waals surface area contributed by atoms with E-state index < -0.39 is 7.60 Å². The number of pyridine rings is 1. The zero-order valence-corrected chi connectivity index (χ0v) is 12.2. The van der Waals surface area contributed by atoms with Crippen LogP contribution in [0.2, 0.25) is 0 Å². The Morgan fingerprint density at radius 3 is 2.90 bits per heavy atom. The van der Waals surface area contributed by atoms with Crippen LogP contribution in [0, 0.1) is 11.1 Å². The molecule has 106 valence electrons. The highest BCUT2D eigenvalue weighted by atomic mass is 31.2. The summed E-state index contributed by atoms with van der Waals surface area (Å²) in [5.74, 6) is 1.60. The first-order chi connectivity index (χ1) is 9.63. The highest BCUT2D eigenvalue weighted by Crippen LogP contribution is 2.50. The molecular formula is C13H17N3O3P+. The van der Waals surface area contributed by atoms with Crippen LogP contribution in [0.25, 0.3) is 0 Å². The second-order valence-electron chi connectivity index (χ2n) is 4.66. The number of aryl methyl sites for hydroxylation is 1. The molecule has 0 spiro atoms. The lowest BCUT2D eigenvalue weighted by Crippen LogP contribution is -2.32. The van der Waals surface area contributed by atoms with E-state index in [2.05, 4.69) is 5.16 Å². The van der Waals surface area contributed by atoms with Gasteiger partial charge in [0, 0.05) is 12.1 Å². The number of nitriles is 1. The van der Waals surface area contributed by atoms with Gasteiger partial charge in [-0.15, -0.1) is 0 Å². The van der Waals surface area contributed by atoms with Crippen LogP contribution in [-0.2, 0) is 20.8 Å². The summed E-state index contributed by atoms with van der Waals surface area (Å²) in [6.07, 6.45) is 6.77. The quantitative estimate of drug-likeness (QED) is 0.362. The maximum atomic E-state index is 12.1. The van der Waals surface area contributed by atoms with Gasteiger partial charge in [-0.25, -0.2) is 9.13 Å². The van der Waals surface area contributed by atoms with Crippen molar-refractivity contribution in [2.45, 2.75) is 31.8 Å². The molecule has 6 nitrogen and oxygen atoms in total. The third-order valence-electron chi connectivity index (χ3n) is 3.15. The van der Waals surface area contributed by atoms with Crippen molar-refractivity contribution >= 4 is 13.8 Å². The Bertz CT molecular complexity index is 576. The fourth-order valence-corrected chi connectivity index (χ4v) is 2.96. The Morgan fingerprint density at radius 1 is 1.50 bits per heavy atom. The fourth-order valence-electron chi connectivity index (χ4n) is 2.06. The van der Waals surface area contributed by atoms with E-state index in [4.69, 9.17) is 14.4 Å². The topological polar surface area (TPSA) is 75.6 Å². The fraction of sp³-hybridized carbons (Fsp3) is 0.462. The maximum absolute atomic E-state index is 12.1. The molecule has 0 aromatic carbocycles. The highest BCUT2D eigenvalue weighted by molar-refractivity contribution is 7.59. The lowest BCUT2D eigenvalue weighted by Gasteiger charge is -2.13. The molecule has 1 aliphatic carbocycles. The van der Waals surface area contributed by atoms with Crippen LogP contribution >= 0.6 is 7.60 Å². The maximum Gasteiger partial charge on any atom is 0.502 e. The van der Waals surface area contributed by atoms with E-state index in [1.165, 1.54) is 6.21 Å². The predicted molar refractivity (Wildman–Crippen MR) is 72.9 cm³/mol. The van der Waals surface area contributed by atoms with E-state index in [-0.39, 0.29) is 6.10 Å². The molecule has 0 bridgehead atoms. The summed E-state index contributed by atoms with van der Waals surface area (Å²) >= 11 is 0. The van der Waals surface area contributed by atoms with Crippen molar-refractivity contribution in [3.8, 4) is 5.81 Å². The Balaban J connectivity index is 1.98. The first-order valence-corrected chi connectivity index (χ1v) is 8.04. The summed E-state index contributed by atoms with van der Waals surface area (Å²) in [4.78, 5) is 0. The monoisotopic (exact) mass is 294 g/mol. The molecule has 1 atom stereocenters. The molecule has 20 heavy (non-hydrogen) atoms. The van der Waals surface area contributed by atoms with Crippen LogP contribution < -0.4 is 4.57 Å². The van der Waals surface area contributed by atoms with Gasteiger partial charge in [-0.05, 0) is 18.9 Å². The number of rotatable bonds is 5. The van der Waals surface area contributed by atoms with Gasteiger partial charge in [0.1, 0.15) is 13.3 Å². The average molecular weight is 294 g/mol. The zero-order chi connectivity index (χ0) is 14.4. The van der Waals surface area contributed by atoms with Gasteiger partial charge in [-0.1, -0.05) is 18.0 Å². The standard InChI is InChI=1S/C13H17N3O3P/c1-16-9-5-4-6-12(16)10-15-19-20(17,11-14)18-13-7-2-3-8-13/h4-6,9-10,13H,2-3,7-8H2,1H3/q+1/b15-10+. The van der Waals surface area contributed by atoms with Crippen molar-refractivity contribution in [1.82, 2.24) is 0 Å². The van der Waals surface area contributed by atoms with Crippen molar-refractivity contribution in [3.63, 3.8) is 0 Å². The molecule has 0 saturated heterocycles. The van der Waals surface area contributed by atoms with Gasteiger partial charge in [0.15, 0.2) is 6.20 Å². The van der Waals surface area contributed by atoms with Gasteiger partial charge in [0.2, 0.25) is 11.5 Å². The number of hydrogen-bond acceptors (Lipinski definition) is 5. The smallest absolute Gasteiger partial charge is 0.303 e. The zero-order valence-electron chi connectivity index (χ0n) is 11.3. The summed E-state index contributed by atoms with van der Waals surface area (Å²) < 4.78 is 24.0. The second kappa shape index (κ2) is 6.65. The van der Waals surface area contributed by atoms with Crippen molar-refractivity contribution < 1.29 is 18.3 Å². The third-order valence-corrected chi connectivity index (χ3v) is 4.28. The second-order valence-corrected chi connectivity index (χ2v) is 6.23. The number of nitrogens with zero attached hydrogens (tertiary/aromatic N) is 3. The average Bonchev–Trinajstić information content (AvgIpc) is 2.94. The van der Waals surface area contributed by atoms with E-state index in [0.717, 1.165) is 31.4 Å². The minimum atomic E-state index is -3.80. The Morgan fingerprint density at radius 2 is 2.25 bits per heavy atom. The molecule has 1 heterocycles. The van der Waals surface area contributed by atoms with Crippen molar-refractivity contribution in [2.24, 2.45) is 12.2 Å². The lowest BCUT2D eigenvalue weighted by atomic mass is 10.3. The van der Waals surface area contributed by atoms with E-state index >= 15 is 0 Å². The van der Waals surface area contributed by atoms with Gasteiger partial charge in [-0.2, -0.15) is 5.26 Å². The van der Waals surface area contributed by atoms with E-state index in [1.54, 1.807) is 5.81 Å². The summed E-state index contributed by atoms with van der Waals surface area (Å²) in [6.45, 7) is 0. The molecular weight excluding hydrogens is 277 g/mol. The normalized spacial score (nSPS) is 18.8. The molecule has 1 aromatic rings. The minimum absolute atomic E-state index is 0.163. The third kappa shape index (κ3) is 3.89. The van der Waals surface area contributed by atoms with E-state index in [0.29, 0.717) is 0 Å². The molecule has 2 rings (SSSR count). The van der Waals surface area contributed by atoms with Crippen LogP contribution in [-0.4, -0.2) is 12.3 Å². The van der Waals surface area contributed by atoms with Crippen molar-refractivity contribution in [1.29, 1.82) is 5.26 Å². The van der Waals surface area contributed by atoms with E-state index in [9.17, 15) is 4.57 Å². The summed E-state index contributed by atoms with van der Waals surface area (Å²) in [5, 5.41) is 12.6. The van der Waals surface area contributed by atoms with Crippen LogP contribution in [0.5, 0.6) is 0 Å². The Labute approximate surface area is 118 Å². The predicted octanol–water partition coefficient (Wildman–Crippen LogP) is 2.49. The van der Waals surface area contributed by atoms with Crippen LogP contribution in [0.3, 0.4) is 0 Å². The summed E-state index contributed by atoms with van der Waals surface area (Å²) in [5.41, 5.74) is 0.762. The Kier molecular flexibility index (Phi) is 4.89. The number of hydrogen-bond donors (Lipinski definition) is 0. The molecule has 0 N–H and O–H groups in total. The van der Waals surface area contributed by atoms with Gasteiger partial charge in [-0.3, -0.25) is 4.52 Å². The molecule has 0 aliphatic heterocycles. The SMILES string of the molecule is C[n+]1ccccc1/C=N/OP(=O)(C#N)OC1CCCC1. The molecule has 1 unspecified atom stereocenters. The molecule has 0 amide bonds. The molecule has 0 radical (unpaired) electrons. The molecule has 1 aromatic heterocycles. The van der Waals surface area contributed by atoms with Crippen LogP contribution in [0.15, 0.2) is 29.6 Å². The van der Waals surface area contributed by atoms with E-state index in [1.807, 2.05) is 36.0 Å². The molecule has 1 aliphatic rings. The highest BCUT2D eigenvalue weighted by Gasteiger charge is 2.32. The first kappa shape index (κ1) is 14.7. The van der Waals surface area contributed by atoms with Gasteiger partial charge in [0.05, 0.1) is 6.10 Å². The van der Waals surface area contributed by atoms with Gasteiger partial charge >= 0.3 is 7.60 Å². The van der Waals surface area contributed by atoms with Gasteiger partial charge < -0.3 is 4.62 Å². The summed E-state index contributed by atoms with van der Waals surface area (Å²) in [6, 6.07) is 5.55. The van der Waals surface area contributed by atoms with Crippen LogP contribution in [0.1, 0.15) is 31.4 Å². The van der Waals surface area contributed by atoms with Gasteiger partial charge in [0.25, 0.3) is 0 Å². The lowest BCUT2D eigenvalue weighted by molar-refractivity contribution is -0.672.